The molecule has 2 heteroatoms. The molecule has 0 aromatic heterocycles. The van der Waals surface area contributed by atoms with E-state index in [1.165, 1.54) is 0 Å². The maximum Gasteiger partial charge on any atom is 0.212 e. The molecule has 1 atom stereocenters. The van der Waals surface area contributed by atoms with Crippen LogP contribution in [0.3, 0.4) is 0 Å². The fourth-order valence-corrected chi connectivity index (χ4v) is 0.852. The standard InChI is InChI=1S/C5H9OS/c1-3-7-5(2)4-6/h5H,3H2,1-2H3/t5-/m0/s1. The van der Waals surface area contributed by atoms with Gasteiger partial charge in [-0.2, -0.15) is 11.8 Å². The first-order valence-electron chi connectivity index (χ1n) is 2.30. The van der Waals surface area contributed by atoms with Crippen molar-refractivity contribution in [1.29, 1.82) is 0 Å². The van der Waals surface area contributed by atoms with Crippen LogP contribution in [0.4, 0.5) is 0 Å². The predicted molar refractivity (Wildman–Crippen MR) is 33.3 cm³/mol. The smallest absolute Gasteiger partial charge is 0.212 e. The van der Waals surface area contributed by atoms with Crippen molar-refractivity contribution in [2.75, 3.05) is 5.75 Å². The molecule has 41 valence electrons. The quantitative estimate of drug-likeness (QED) is 0.553. The summed E-state index contributed by atoms with van der Waals surface area (Å²) in [6.45, 7) is 3.87. The summed E-state index contributed by atoms with van der Waals surface area (Å²) in [5, 5.41) is 0.0602. The molecule has 0 N–H and O–H groups in total. The molecule has 0 bridgehead atoms. The van der Waals surface area contributed by atoms with Crippen LogP contribution in [0.5, 0.6) is 0 Å². The SMILES string of the molecule is CCS[C@@H](C)[C]=O. The minimum Gasteiger partial charge on any atom is -0.290 e. The number of thioether (sulfide) groups is 1. The maximum absolute atomic E-state index is 9.75. The molecule has 0 aromatic carbocycles. The lowest BCUT2D eigenvalue weighted by atomic mass is 10.5. The Labute approximate surface area is 48.5 Å². The lowest BCUT2D eigenvalue weighted by Gasteiger charge is -1.94. The van der Waals surface area contributed by atoms with Crippen molar-refractivity contribution in [1.82, 2.24) is 0 Å². The van der Waals surface area contributed by atoms with Gasteiger partial charge in [0.2, 0.25) is 6.29 Å². The fourth-order valence-electron chi connectivity index (χ4n) is 0.284. The van der Waals surface area contributed by atoms with Gasteiger partial charge in [0.1, 0.15) is 0 Å². The summed E-state index contributed by atoms with van der Waals surface area (Å²) in [4.78, 5) is 9.75. The van der Waals surface area contributed by atoms with Crippen molar-refractivity contribution in [3.63, 3.8) is 0 Å². The molecule has 0 heterocycles. The normalized spacial score (nSPS) is 13.4. The van der Waals surface area contributed by atoms with Crippen molar-refractivity contribution in [2.24, 2.45) is 0 Å². The van der Waals surface area contributed by atoms with Crippen molar-refractivity contribution in [2.45, 2.75) is 19.1 Å². The van der Waals surface area contributed by atoms with E-state index < -0.39 is 0 Å². The summed E-state index contributed by atoms with van der Waals surface area (Å²) in [6, 6.07) is 0. The first kappa shape index (κ1) is 7.02. The molecule has 0 saturated heterocycles. The number of hydrogen-bond donors (Lipinski definition) is 0. The zero-order chi connectivity index (χ0) is 5.70. The van der Waals surface area contributed by atoms with E-state index in [1.54, 1.807) is 11.8 Å². The number of rotatable bonds is 3. The van der Waals surface area contributed by atoms with Crippen LogP contribution in [0.2, 0.25) is 0 Å². The average molecular weight is 117 g/mol. The molecule has 0 aliphatic carbocycles. The third kappa shape index (κ3) is 3.86. The largest absolute Gasteiger partial charge is 0.290 e. The van der Waals surface area contributed by atoms with Crippen LogP contribution in [0.1, 0.15) is 13.8 Å². The summed E-state index contributed by atoms with van der Waals surface area (Å²) < 4.78 is 0. The molecule has 0 spiro atoms. The molecule has 0 fully saturated rings. The van der Waals surface area contributed by atoms with Gasteiger partial charge in [0.05, 0.1) is 5.25 Å². The van der Waals surface area contributed by atoms with Gasteiger partial charge in [-0.25, -0.2) is 0 Å². The Balaban J connectivity index is 2.98. The highest BCUT2D eigenvalue weighted by molar-refractivity contribution is 8.00. The summed E-state index contributed by atoms with van der Waals surface area (Å²) in [7, 11) is 0. The average Bonchev–Trinajstić information content (AvgIpc) is 1.68. The highest BCUT2D eigenvalue weighted by Gasteiger charge is 1.95. The fraction of sp³-hybridized carbons (Fsp3) is 0.800. The first-order chi connectivity index (χ1) is 3.31. The highest BCUT2D eigenvalue weighted by Crippen LogP contribution is 2.04. The molecule has 0 saturated carbocycles. The zero-order valence-corrected chi connectivity index (χ0v) is 5.42. The Bertz CT molecular complexity index is 54.0. The summed E-state index contributed by atoms with van der Waals surface area (Å²) in [6.07, 6.45) is 1.88. The second-order valence-electron chi connectivity index (χ2n) is 1.22. The molecular formula is C5H9OS. The third-order valence-electron chi connectivity index (χ3n) is 0.583. The molecule has 0 unspecified atom stereocenters. The van der Waals surface area contributed by atoms with E-state index in [2.05, 4.69) is 0 Å². The van der Waals surface area contributed by atoms with Gasteiger partial charge in [0.15, 0.2) is 0 Å². The molecule has 7 heavy (non-hydrogen) atoms. The Kier molecular flexibility index (Phi) is 4.20. The van der Waals surface area contributed by atoms with Crippen LogP contribution in [-0.2, 0) is 4.79 Å². The van der Waals surface area contributed by atoms with Gasteiger partial charge in [-0.15, -0.1) is 0 Å². The summed E-state index contributed by atoms with van der Waals surface area (Å²) in [5.41, 5.74) is 0. The minimum atomic E-state index is 0.0602. The molecule has 0 aliphatic rings. The van der Waals surface area contributed by atoms with Crippen LogP contribution >= 0.6 is 11.8 Å². The van der Waals surface area contributed by atoms with Crippen molar-refractivity contribution >= 4 is 18.0 Å². The predicted octanol–water partition coefficient (Wildman–Crippen LogP) is 1.24. The van der Waals surface area contributed by atoms with E-state index in [4.69, 9.17) is 0 Å². The molecule has 0 rings (SSSR count). The number of hydrogen-bond acceptors (Lipinski definition) is 2. The third-order valence-corrected chi connectivity index (χ3v) is 1.51. The van der Waals surface area contributed by atoms with Crippen LogP contribution in [0.15, 0.2) is 0 Å². The van der Waals surface area contributed by atoms with E-state index in [-0.39, 0.29) is 5.25 Å². The summed E-state index contributed by atoms with van der Waals surface area (Å²) >= 11 is 1.61. The van der Waals surface area contributed by atoms with E-state index in [0.29, 0.717) is 0 Å². The van der Waals surface area contributed by atoms with Crippen molar-refractivity contribution in [3.8, 4) is 0 Å². The van der Waals surface area contributed by atoms with Gasteiger partial charge in [0.25, 0.3) is 0 Å². The molecule has 0 amide bonds. The van der Waals surface area contributed by atoms with E-state index >= 15 is 0 Å². The van der Waals surface area contributed by atoms with Crippen molar-refractivity contribution < 1.29 is 4.79 Å². The van der Waals surface area contributed by atoms with Gasteiger partial charge in [-0.05, 0) is 12.7 Å². The minimum absolute atomic E-state index is 0.0602. The molecule has 0 aliphatic heterocycles. The molecule has 1 nitrogen and oxygen atoms in total. The molecule has 0 aromatic rings. The Hall–Kier alpha value is 0.0200. The van der Waals surface area contributed by atoms with Crippen LogP contribution in [0.25, 0.3) is 0 Å². The van der Waals surface area contributed by atoms with E-state index in [1.807, 2.05) is 20.1 Å². The van der Waals surface area contributed by atoms with Gasteiger partial charge in [0, 0.05) is 0 Å². The Morgan fingerprint density at radius 1 is 1.86 bits per heavy atom. The van der Waals surface area contributed by atoms with Crippen molar-refractivity contribution in [3.05, 3.63) is 0 Å². The summed E-state index contributed by atoms with van der Waals surface area (Å²) in [5.74, 6) is 0.996. The lowest BCUT2D eigenvalue weighted by Crippen LogP contribution is -1.95. The Morgan fingerprint density at radius 3 is 2.57 bits per heavy atom. The van der Waals surface area contributed by atoms with Gasteiger partial charge < -0.3 is 0 Å². The number of carbonyl (C=O) groups excluding carboxylic acids is 1. The Morgan fingerprint density at radius 2 is 2.43 bits per heavy atom. The van der Waals surface area contributed by atoms with E-state index in [0.717, 1.165) is 5.75 Å². The second kappa shape index (κ2) is 4.19. The monoisotopic (exact) mass is 117 g/mol. The molecular weight excluding hydrogens is 108 g/mol. The van der Waals surface area contributed by atoms with Gasteiger partial charge in [-0.3, -0.25) is 4.79 Å². The second-order valence-corrected chi connectivity index (χ2v) is 2.83. The lowest BCUT2D eigenvalue weighted by molar-refractivity contribution is 0.555. The van der Waals surface area contributed by atoms with E-state index in [9.17, 15) is 4.79 Å². The maximum atomic E-state index is 9.75. The highest BCUT2D eigenvalue weighted by atomic mass is 32.2. The zero-order valence-electron chi connectivity index (χ0n) is 4.60. The molecule has 1 radical (unpaired) electrons. The van der Waals surface area contributed by atoms with Crippen LogP contribution < -0.4 is 0 Å². The topological polar surface area (TPSA) is 17.1 Å². The van der Waals surface area contributed by atoms with Gasteiger partial charge >= 0.3 is 0 Å². The van der Waals surface area contributed by atoms with Gasteiger partial charge in [-0.1, -0.05) is 6.92 Å². The first-order valence-corrected chi connectivity index (χ1v) is 3.35. The van der Waals surface area contributed by atoms with Crippen LogP contribution in [-0.4, -0.2) is 17.3 Å². The van der Waals surface area contributed by atoms with Crippen LogP contribution in [0, 0.1) is 0 Å².